The van der Waals surface area contributed by atoms with Gasteiger partial charge in [-0.25, -0.2) is 0 Å². The largest absolute Gasteiger partial charge is 0.480 e. The lowest BCUT2D eigenvalue weighted by atomic mass is 9.93. The monoisotopic (exact) mass is 265 g/mol. The summed E-state index contributed by atoms with van der Waals surface area (Å²) in [7, 11) is 1.62. The highest BCUT2D eigenvalue weighted by Gasteiger charge is 2.34. The second-order valence-corrected chi connectivity index (χ2v) is 4.95. The Morgan fingerprint density at radius 1 is 1.42 bits per heavy atom. The SMILES string of the molecule is CCCC(C)(NC(COC)c1ccccc1)C(=O)O. The maximum atomic E-state index is 11.5. The van der Waals surface area contributed by atoms with Gasteiger partial charge in [0.05, 0.1) is 12.6 Å². The van der Waals surface area contributed by atoms with Gasteiger partial charge in [-0.2, -0.15) is 0 Å². The minimum absolute atomic E-state index is 0.126. The molecule has 0 saturated carbocycles. The van der Waals surface area contributed by atoms with Crippen molar-refractivity contribution in [1.82, 2.24) is 5.32 Å². The van der Waals surface area contributed by atoms with Crippen LogP contribution in [0.15, 0.2) is 30.3 Å². The molecule has 4 heteroatoms. The number of carboxylic acids is 1. The Balaban J connectivity index is 2.91. The van der Waals surface area contributed by atoms with Crippen LogP contribution < -0.4 is 5.32 Å². The first-order valence-electron chi connectivity index (χ1n) is 6.58. The first-order chi connectivity index (χ1) is 9.03. The standard InChI is InChI=1S/C15H23NO3/c1-4-10-15(2,14(17)18)16-13(11-19-3)12-8-6-5-7-9-12/h5-9,13,16H,4,10-11H2,1-3H3,(H,17,18). The van der Waals surface area contributed by atoms with Crippen molar-refractivity contribution in [3.05, 3.63) is 35.9 Å². The number of hydrogen-bond donors (Lipinski definition) is 2. The molecule has 0 saturated heterocycles. The van der Waals surface area contributed by atoms with E-state index >= 15 is 0 Å². The number of ether oxygens (including phenoxy) is 1. The van der Waals surface area contributed by atoms with Crippen molar-refractivity contribution in [2.75, 3.05) is 13.7 Å². The fourth-order valence-electron chi connectivity index (χ4n) is 2.20. The molecule has 1 rings (SSSR count). The van der Waals surface area contributed by atoms with Gasteiger partial charge in [0.25, 0.3) is 0 Å². The number of nitrogens with one attached hydrogen (secondary N) is 1. The lowest BCUT2D eigenvalue weighted by Crippen LogP contribution is -2.51. The number of carbonyl (C=O) groups is 1. The number of methoxy groups -OCH3 is 1. The summed E-state index contributed by atoms with van der Waals surface area (Å²) in [5.74, 6) is -0.827. The Kier molecular flexibility index (Phi) is 5.99. The van der Waals surface area contributed by atoms with Crippen LogP contribution in [0.1, 0.15) is 38.3 Å². The summed E-state index contributed by atoms with van der Waals surface area (Å²) < 4.78 is 5.21. The molecule has 106 valence electrons. The molecule has 0 aromatic heterocycles. The van der Waals surface area contributed by atoms with Crippen LogP contribution in [0.25, 0.3) is 0 Å². The van der Waals surface area contributed by atoms with Crippen LogP contribution in [-0.4, -0.2) is 30.3 Å². The van der Waals surface area contributed by atoms with E-state index in [2.05, 4.69) is 5.32 Å². The highest BCUT2D eigenvalue weighted by atomic mass is 16.5. The summed E-state index contributed by atoms with van der Waals surface area (Å²) in [5.41, 5.74) is 0.0984. The van der Waals surface area contributed by atoms with E-state index in [1.807, 2.05) is 37.3 Å². The molecule has 1 aromatic rings. The quantitative estimate of drug-likeness (QED) is 0.758. The first kappa shape index (κ1) is 15.7. The van der Waals surface area contributed by atoms with Gasteiger partial charge in [-0.05, 0) is 18.9 Å². The third kappa shape index (κ3) is 4.33. The van der Waals surface area contributed by atoms with Gasteiger partial charge in [0.15, 0.2) is 0 Å². The third-order valence-corrected chi connectivity index (χ3v) is 3.25. The molecular formula is C15H23NO3. The number of carboxylic acid groups (broad SMARTS) is 1. The second kappa shape index (κ2) is 7.26. The molecule has 0 fully saturated rings. The molecule has 0 heterocycles. The molecule has 1 aromatic carbocycles. The first-order valence-corrected chi connectivity index (χ1v) is 6.58. The zero-order valence-corrected chi connectivity index (χ0v) is 11.8. The maximum Gasteiger partial charge on any atom is 0.323 e. The Hall–Kier alpha value is -1.39. The Morgan fingerprint density at radius 2 is 2.05 bits per heavy atom. The minimum atomic E-state index is -0.937. The molecule has 0 aliphatic carbocycles. The fraction of sp³-hybridized carbons (Fsp3) is 0.533. The van der Waals surface area contributed by atoms with E-state index in [0.717, 1.165) is 12.0 Å². The molecule has 2 unspecified atom stereocenters. The average molecular weight is 265 g/mol. The summed E-state index contributed by atoms with van der Waals surface area (Å²) in [6.07, 6.45) is 1.39. The summed E-state index contributed by atoms with van der Waals surface area (Å²) in [4.78, 5) is 11.5. The van der Waals surface area contributed by atoms with E-state index in [0.29, 0.717) is 13.0 Å². The lowest BCUT2D eigenvalue weighted by molar-refractivity contribution is -0.145. The van der Waals surface area contributed by atoms with Crippen LogP contribution in [0.5, 0.6) is 0 Å². The van der Waals surface area contributed by atoms with E-state index < -0.39 is 11.5 Å². The van der Waals surface area contributed by atoms with Gasteiger partial charge in [0.2, 0.25) is 0 Å². The van der Waals surface area contributed by atoms with E-state index in [1.165, 1.54) is 0 Å². The predicted octanol–water partition coefficient (Wildman–Crippen LogP) is 2.61. The predicted molar refractivity (Wildman–Crippen MR) is 75.1 cm³/mol. The normalized spacial score (nSPS) is 15.7. The van der Waals surface area contributed by atoms with Gasteiger partial charge in [0.1, 0.15) is 5.54 Å². The number of rotatable bonds is 8. The molecule has 2 N–H and O–H groups in total. The summed E-state index contributed by atoms with van der Waals surface area (Å²) in [6.45, 7) is 4.15. The average Bonchev–Trinajstić information content (AvgIpc) is 2.39. The molecule has 0 radical (unpaired) electrons. The second-order valence-electron chi connectivity index (χ2n) is 4.95. The maximum absolute atomic E-state index is 11.5. The molecule has 0 spiro atoms. The van der Waals surface area contributed by atoms with Crippen molar-refractivity contribution in [3.63, 3.8) is 0 Å². The van der Waals surface area contributed by atoms with Crippen LogP contribution in [0.3, 0.4) is 0 Å². The molecule has 0 amide bonds. The summed E-state index contributed by atoms with van der Waals surface area (Å²) in [5, 5.41) is 12.6. The number of hydrogen-bond acceptors (Lipinski definition) is 3. The van der Waals surface area contributed by atoms with Crippen LogP contribution >= 0.6 is 0 Å². The molecular weight excluding hydrogens is 242 g/mol. The molecule has 0 bridgehead atoms. The topological polar surface area (TPSA) is 58.6 Å². The van der Waals surface area contributed by atoms with Crippen molar-refractivity contribution in [1.29, 1.82) is 0 Å². The van der Waals surface area contributed by atoms with E-state index in [1.54, 1.807) is 14.0 Å². The highest BCUT2D eigenvalue weighted by Crippen LogP contribution is 2.21. The lowest BCUT2D eigenvalue weighted by Gasteiger charge is -2.31. The van der Waals surface area contributed by atoms with Gasteiger partial charge >= 0.3 is 5.97 Å². The number of benzene rings is 1. The van der Waals surface area contributed by atoms with Gasteiger partial charge in [-0.15, -0.1) is 0 Å². The molecule has 2 atom stereocenters. The molecule has 19 heavy (non-hydrogen) atoms. The van der Waals surface area contributed by atoms with Crippen molar-refractivity contribution >= 4 is 5.97 Å². The van der Waals surface area contributed by atoms with Crippen LogP contribution in [0.2, 0.25) is 0 Å². The van der Waals surface area contributed by atoms with Gasteiger partial charge in [-0.1, -0.05) is 43.7 Å². The summed E-state index contributed by atoms with van der Waals surface area (Å²) >= 11 is 0. The van der Waals surface area contributed by atoms with Gasteiger partial charge < -0.3 is 9.84 Å². The van der Waals surface area contributed by atoms with E-state index in [9.17, 15) is 9.90 Å². The van der Waals surface area contributed by atoms with Crippen molar-refractivity contribution < 1.29 is 14.6 Å². The third-order valence-electron chi connectivity index (χ3n) is 3.25. The highest BCUT2D eigenvalue weighted by molar-refractivity contribution is 5.78. The Bertz CT molecular complexity index is 394. The van der Waals surface area contributed by atoms with Crippen LogP contribution in [0.4, 0.5) is 0 Å². The zero-order chi connectivity index (χ0) is 14.3. The van der Waals surface area contributed by atoms with E-state index in [4.69, 9.17) is 4.74 Å². The van der Waals surface area contributed by atoms with Gasteiger partial charge in [0, 0.05) is 7.11 Å². The number of aliphatic carboxylic acids is 1. The van der Waals surface area contributed by atoms with E-state index in [-0.39, 0.29) is 6.04 Å². The van der Waals surface area contributed by atoms with Gasteiger partial charge in [-0.3, -0.25) is 10.1 Å². The zero-order valence-electron chi connectivity index (χ0n) is 11.8. The molecule has 4 nitrogen and oxygen atoms in total. The van der Waals surface area contributed by atoms with Crippen molar-refractivity contribution in [2.24, 2.45) is 0 Å². The fourth-order valence-corrected chi connectivity index (χ4v) is 2.20. The summed E-state index contributed by atoms with van der Waals surface area (Å²) in [6, 6.07) is 9.65. The van der Waals surface area contributed by atoms with Crippen molar-refractivity contribution in [2.45, 2.75) is 38.3 Å². The van der Waals surface area contributed by atoms with Crippen molar-refractivity contribution in [3.8, 4) is 0 Å². The minimum Gasteiger partial charge on any atom is -0.480 e. The molecule has 0 aliphatic rings. The smallest absolute Gasteiger partial charge is 0.323 e. The molecule has 0 aliphatic heterocycles. The Labute approximate surface area is 114 Å². The van der Waals surface area contributed by atoms with Crippen LogP contribution in [-0.2, 0) is 9.53 Å². The van der Waals surface area contributed by atoms with Crippen LogP contribution in [0, 0.1) is 0 Å². The Morgan fingerprint density at radius 3 is 2.53 bits per heavy atom.